The van der Waals surface area contributed by atoms with E-state index < -0.39 is 0 Å². The summed E-state index contributed by atoms with van der Waals surface area (Å²) in [5.41, 5.74) is 0. The summed E-state index contributed by atoms with van der Waals surface area (Å²) in [4.78, 5) is 0. The van der Waals surface area contributed by atoms with E-state index in [2.05, 4.69) is 27.7 Å². The lowest BCUT2D eigenvalue weighted by Crippen LogP contribution is -2.15. The third-order valence-corrected chi connectivity index (χ3v) is 4.86. The van der Waals surface area contributed by atoms with E-state index in [0.29, 0.717) is 0 Å². The average molecular weight is 283 g/mol. The van der Waals surface area contributed by atoms with Crippen molar-refractivity contribution in [3.05, 3.63) is 0 Å². The number of hydrogen-bond acceptors (Lipinski definition) is 0. The zero-order valence-corrected chi connectivity index (χ0v) is 15.1. The molecular weight excluding hydrogens is 240 g/mol. The van der Waals surface area contributed by atoms with Crippen LogP contribution in [0.15, 0.2) is 0 Å². The first-order chi connectivity index (χ1) is 9.79. The van der Waals surface area contributed by atoms with Crippen LogP contribution in [0.1, 0.15) is 118 Å². The van der Waals surface area contributed by atoms with Gasteiger partial charge in [-0.15, -0.1) is 0 Å². The molecule has 0 aromatic carbocycles. The van der Waals surface area contributed by atoms with Crippen molar-refractivity contribution in [2.45, 2.75) is 118 Å². The van der Waals surface area contributed by atoms with Crippen molar-refractivity contribution in [3.8, 4) is 0 Å². The van der Waals surface area contributed by atoms with Gasteiger partial charge in [0.1, 0.15) is 0 Å². The van der Waals surface area contributed by atoms with Gasteiger partial charge in [0.15, 0.2) is 0 Å². The Kier molecular flexibility index (Phi) is 15.4. The van der Waals surface area contributed by atoms with Gasteiger partial charge in [-0.25, -0.2) is 0 Å². The van der Waals surface area contributed by atoms with E-state index in [1.165, 1.54) is 89.9 Å². The third kappa shape index (κ3) is 10.7. The van der Waals surface area contributed by atoms with E-state index in [-0.39, 0.29) is 0 Å². The van der Waals surface area contributed by atoms with Crippen molar-refractivity contribution in [2.24, 2.45) is 11.8 Å². The largest absolute Gasteiger partial charge is 0.0654 e. The third-order valence-electron chi connectivity index (χ3n) is 4.86. The highest BCUT2D eigenvalue weighted by Gasteiger charge is 2.19. The standard InChI is InChI=1S/C20H42/c1-5-9-12-14-18-19(15-8-4)20(16-11-7-3)17-13-10-6-2/h19-20H,5-18H2,1-4H3. The molecule has 0 aliphatic carbocycles. The van der Waals surface area contributed by atoms with Crippen molar-refractivity contribution in [2.75, 3.05) is 0 Å². The highest BCUT2D eigenvalue weighted by Crippen LogP contribution is 2.32. The second kappa shape index (κ2) is 15.4. The fourth-order valence-corrected chi connectivity index (χ4v) is 3.56. The molecule has 0 radical (unpaired) electrons. The molecule has 20 heavy (non-hydrogen) atoms. The molecule has 0 heteroatoms. The van der Waals surface area contributed by atoms with Gasteiger partial charge in [0.25, 0.3) is 0 Å². The molecule has 0 aliphatic rings. The Morgan fingerprint density at radius 3 is 1.40 bits per heavy atom. The predicted octanol–water partition coefficient (Wildman–Crippen LogP) is 7.76. The molecule has 0 rings (SSSR count). The molecule has 2 atom stereocenters. The predicted molar refractivity (Wildman–Crippen MR) is 94.3 cm³/mol. The first-order valence-corrected chi connectivity index (χ1v) is 9.79. The minimum Gasteiger partial charge on any atom is -0.0654 e. The van der Waals surface area contributed by atoms with Crippen molar-refractivity contribution in [1.29, 1.82) is 0 Å². The molecule has 0 aromatic heterocycles. The maximum Gasteiger partial charge on any atom is -0.0386 e. The van der Waals surface area contributed by atoms with E-state index in [1.807, 2.05) is 0 Å². The van der Waals surface area contributed by atoms with E-state index in [9.17, 15) is 0 Å². The monoisotopic (exact) mass is 282 g/mol. The molecule has 0 N–H and O–H groups in total. The van der Waals surface area contributed by atoms with Crippen molar-refractivity contribution in [3.63, 3.8) is 0 Å². The molecule has 0 fully saturated rings. The van der Waals surface area contributed by atoms with Crippen LogP contribution in [-0.4, -0.2) is 0 Å². The van der Waals surface area contributed by atoms with Crippen LogP contribution in [0.3, 0.4) is 0 Å². The Bertz CT molecular complexity index is 173. The summed E-state index contributed by atoms with van der Waals surface area (Å²) in [5, 5.41) is 0. The average Bonchev–Trinajstić information content (AvgIpc) is 2.46. The van der Waals surface area contributed by atoms with Crippen LogP contribution in [0.2, 0.25) is 0 Å². The van der Waals surface area contributed by atoms with Gasteiger partial charge in [0, 0.05) is 0 Å². The van der Waals surface area contributed by atoms with Crippen LogP contribution in [0, 0.1) is 11.8 Å². The molecule has 2 unspecified atom stereocenters. The van der Waals surface area contributed by atoms with Crippen LogP contribution in [0.5, 0.6) is 0 Å². The lowest BCUT2D eigenvalue weighted by atomic mass is 9.78. The lowest BCUT2D eigenvalue weighted by molar-refractivity contribution is 0.243. The second-order valence-electron chi connectivity index (χ2n) is 6.80. The molecule has 0 heterocycles. The Labute approximate surface area is 130 Å². The summed E-state index contributed by atoms with van der Waals surface area (Å²) in [6, 6.07) is 0. The molecule has 0 saturated heterocycles. The fourth-order valence-electron chi connectivity index (χ4n) is 3.56. The van der Waals surface area contributed by atoms with Gasteiger partial charge in [-0.05, 0) is 11.8 Å². The van der Waals surface area contributed by atoms with Crippen LogP contribution >= 0.6 is 0 Å². The summed E-state index contributed by atoms with van der Waals surface area (Å²) in [7, 11) is 0. The van der Waals surface area contributed by atoms with Crippen LogP contribution < -0.4 is 0 Å². The number of hydrogen-bond donors (Lipinski definition) is 0. The molecule has 0 aliphatic heterocycles. The maximum absolute atomic E-state index is 2.38. The van der Waals surface area contributed by atoms with Gasteiger partial charge in [-0.2, -0.15) is 0 Å². The smallest absolute Gasteiger partial charge is 0.0386 e. The van der Waals surface area contributed by atoms with Gasteiger partial charge in [0.2, 0.25) is 0 Å². The summed E-state index contributed by atoms with van der Waals surface area (Å²) >= 11 is 0. The minimum absolute atomic E-state index is 1.03. The summed E-state index contributed by atoms with van der Waals surface area (Å²) in [6.45, 7) is 9.37. The zero-order valence-electron chi connectivity index (χ0n) is 15.1. The molecule has 0 spiro atoms. The first kappa shape index (κ1) is 20.0. The molecule has 0 aromatic rings. The van der Waals surface area contributed by atoms with E-state index in [1.54, 1.807) is 0 Å². The zero-order chi connectivity index (χ0) is 15.1. The maximum atomic E-state index is 2.38. The van der Waals surface area contributed by atoms with Crippen molar-refractivity contribution < 1.29 is 0 Å². The summed E-state index contributed by atoms with van der Waals surface area (Å²) in [6.07, 6.45) is 20.2. The highest BCUT2D eigenvalue weighted by molar-refractivity contribution is 4.71. The number of rotatable bonds is 15. The van der Waals surface area contributed by atoms with E-state index in [4.69, 9.17) is 0 Å². The van der Waals surface area contributed by atoms with Crippen molar-refractivity contribution >= 4 is 0 Å². The topological polar surface area (TPSA) is 0 Å². The van der Waals surface area contributed by atoms with Gasteiger partial charge in [-0.3, -0.25) is 0 Å². The first-order valence-electron chi connectivity index (χ1n) is 9.79. The second-order valence-corrected chi connectivity index (χ2v) is 6.80. The minimum atomic E-state index is 1.03. The normalized spacial score (nSPS) is 14.4. The molecular formula is C20H42. The molecule has 122 valence electrons. The Hall–Kier alpha value is 0. The van der Waals surface area contributed by atoms with E-state index >= 15 is 0 Å². The van der Waals surface area contributed by atoms with Crippen LogP contribution in [0.4, 0.5) is 0 Å². The number of unbranched alkanes of at least 4 members (excludes halogenated alkanes) is 6. The van der Waals surface area contributed by atoms with Gasteiger partial charge in [-0.1, -0.05) is 118 Å². The Balaban J connectivity index is 4.22. The quantitative estimate of drug-likeness (QED) is 0.269. The summed E-state index contributed by atoms with van der Waals surface area (Å²) < 4.78 is 0. The molecule has 0 amide bonds. The lowest BCUT2D eigenvalue weighted by Gasteiger charge is -2.27. The SMILES string of the molecule is CCCCCCC(CCC)C(CCCC)CCCCC. The molecule has 0 saturated carbocycles. The van der Waals surface area contributed by atoms with Gasteiger partial charge < -0.3 is 0 Å². The van der Waals surface area contributed by atoms with Crippen molar-refractivity contribution in [1.82, 2.24) is 0 Å². The summed E-state index contributed by atoms with van der Waals surface area (Å²) in [5.74, 6) is 2.06. The molecule has 0 nitrogen and oxygen atoms in total. The van der Waals surface area contributed by atoms with Gasteiger partial charge in [0.05, 0.1) is 0 Å². The van der Waals surface area contributed by atoms with Crippen LogP contribution in [-0.2, 0) is 0 Å². The Morgan fingerprint density at radius 1 is 0.400 bits per heavy atom. The Morgan fingerprint density at radius 2 is 0.850 bits per heavy atom. The highest BCUT2D eigenvalue weighted by atomic mass is 14.2. The van der Waals surface area contributed by atoms with E-state index in [0.717, 1.165) is 11.8 Å². The van der Waals surface area contributed by atoms with Gasteiger partial charge >= 0.3 is 0 Å². The molecule has 0 bridgehead atoms. The fraction of sp³-hybridized carbons (Fsp3) is 1.00. The van der Waals surface area contributed by atoms with Crippen LogP contribution in [0.25, 0.3) is 0 Å².